The van der Waals surface area contributed by atoms with Crippen molar-refractivity contribution in [2.75, 3.05) is 11.5 Å². The zero-order chi connectivity index (χ0) is 23.7. The molecular formula is C27H27N5OS. The maximum Gasteiger partial charge on any atom is 0.174 e. The summed E-state index contributed by atoms with van der Waals surface area (Å²) in [6, 6.07) is 20.2. The highest BCUT2D eigenvalue weighted by Crippen LogP contribution is 2.43. The first-order valence-electron chi connectivity index (χ1n) is 11.4. The van der Waals surface area contributed by atoms with Gasteiger partial charge in [0.2, 0.25) is 0 Å². The number of pyridine rings is 2. The number of nitrogens with zero attached hydrogens (tertiary/aromatic N) is 4. The van der Waals surface area contributed by atoms with E-state index in [1.807, 2.05) is 49.6 Å². The van der Waals surface area contributed by atoms with Gasteiger partial charge >= 0.3 is 0 Å². The van der Waals surface area contributed by atoms with Crippen LogP contribution in [0.25, 0.3) is 5.69 Å². The average Bonchev–Trinajstić information content (AvgIpc) is 3.36. The van der Waals surface area contributed by atoms with E-state index in [1.54, 1.807) is 6.20 Å². The van der Waals surface area contributed by atoms with Crippen LogP contribution >= 0.6 is 12.2 Å². The van der Waals surface area contributed by atoms with E-state index in [0.29, 0.717) is 11.7 Å². The van der Waals surface area contributed by atoms with Crippen LogP contribution < -0.4 is 15.0 Å². The number of ether oxygens (including phenoxy) is 1. The molecule has 0 amide bonds. The topological polar surface area (TPSA) is 55.2 Å². The highest BCUT2D eigenvalue weighted by molar-refractivity contribution is 7.80. The number of hydrogen-bond acceptors (Lipinski definition) is 4. The number of rotatable bonds is 6. The molecule has 7 heteroatoms. The SMILES string of the molecule is CCOc1ccc(N2C(=S)N[C@@H](c3ccccn3)[C@@H]2c2cc(C)n(-c3cccnc3)c2C)cc1. The Morgan fingerprint density at radius 1 is 1.00 bits per heavy atom. The molecule has 1 aliphatic rings. The van der Waals surface area contributed by atoms with E-state index in [0.717, 1.165) is 34.2 Å². The van der Waals surface area contributed by atoms with Gasteiger partial charge in [-0.05, 0) is 93.1 Å². The molecule has 0 unspecified atom stereocenters. The highest BCUT2D eigenvalue weighted by atomic mass is 32.1. The third-order valence-corrected chi connectivity index (χ3v) is 6.53. The van der Waals surface area contributed by atoms with E-state index in [4.69, 9.17) is 17.0 Å². The second kappa shape index (κ2) is 9.27. The fourth-order valence-corrected chi connectivity index (χ4v) is 5.13. The Morgan fingerprint density at radius 3 is 2.50 bits per heavy atom. The Labute approximate surface area is 205 Å². The molecule has 0 aliphatic carbocycles. The van der Waals surface area contributed by atoms with E-state index in [-0.39, 0.29) is 12.1 Å². The largest absolute Gasteiger partial charge is 0.494 e. The van der Waals surface area contributed by atoms with Crippen LogP contribution in [0.3, 0.4) is 0 Å². The van der Waals surface area contributed by atoms with Crippen LogP contribution in [0.1, 0.15) is 41.7 Å². The van der Waals surface area contributed by atoms with Gasteiger partial charge in [0.05, 0.1) is 36.3 Å². The second-order valence-corrected chi connectivity index (χ2v) is 8.68. The Bertz CT molecular complexity index is 1290. The number of aryl methyl sites for hydroxylation is 1. The van der Waals surface area contributed by atoms with Crippen LogP contribution in [0.5, 0.6) is 5.75 Å². The molecule has 34 heavy (non-hydrogen) atoms. The summed E-state index contributed by atoms with van der Waals surface area (Å²) < 4.78 is 7.90. The monoisotopic (exact) mass is 469 g/mol. The molecule has 1 saturated heterocycles. The summed E-state index contributed by atoms with van der Waals surface area (Å²) >= 11 is 5.88. The van der Waals surface area contributed by atoms with E-state index in [9.17, 15) is 0 Å². The summed E-state index contributed by atoms with van der Waals surface area (Å²) in [5.74, 6) is 0.844. The summed E-state index contributed by atoms with van der Waals surface area (Å²) in [7, 11) is 0. The summed E-state index contributed by atoms with van der Waals surface area (Å²) in [4.78, 5) is 11.2. The van der Waals surface area contributed by atoms with Crippen molar-refractivity contribution in [1.29, 1.82) is 0 Å². The first kappa shape index (κ1) is 22.1. The number of benzene rings is 1. The van der Waals surface area contributed by atoms with Crippen molar-refractivity contribution >= 4 is 23.0 Å². The Hall–Kier alpha value is -3.71. The van der Waals surface area contributed by atoms with Gasteiger partial charge in [0.15, 0.2) is 5.11 Å². The molecule has 4 aromatic rings. The first-order chi connectivity index (χ1) is 16.6. The lowest BCUT2D eigenvalue weighted by molar-refractivity contribution is 0.340. The van der Waals surface area contributed by atoms with Gasteiger partial charge < -0.3 is 19.5 Å². The minimum Gasteiger partial charge on any atom is -0.494 e. The predicted octanol–water partition coefficient (Wildman–Crippen LogP) is 5.46. The fourth-order valence-electron chi connectivity index (χ4n) is 4.79. The van der Waals surface area contributed by atoms with Crippen LogP contribution in [0.4, 0.5) is 5.69 Å². The van der Waals surface area contributed by atoms with Crippen molar-refractivity contribution in [3.8, 4) is 11.4 Å². The van der Waals surface area contributed by atoms with Crippen molar-refractivity contribution in [2.24, 2.45) is 0 Å². The summed E-state index contributed by atoms with van der Waals surface area (Å²) in [5, 5.41) is 4.22. The lowest BCUT2D eigenvalue weighted by Gasteiger charge is -2.28. The molecule has 2 atom stereocenters. The number of hydrogen-bond donors (Lipinski definition) is 1. The smallest absolute Gasteiger partial charge is 0.174 e. The van der Waals surface area contributed by atoms with Crippen molar-refractivity contribution in [3.63, 3.8) is 0 Å². The molecule has 4 heterocycles. The van der Waals surface area contributed by atoms with Gasteiger partial charge in [-0.2, -0.15) is 0 Å². The van der Waals surface area contributed by atoms with Crippen molar-refractivity contribution in [3.05, 3.63) is 102 Å². The number of aromatic nitrogens is 3. The molecule has 3 aromatic heterocycles. The third kappa shape index (κ3) is 3.92. The predicted molar refractivity (Wildman–Crippen MR) is 139 cm³/mol. The molecule has 1 aromatic carbocycles. The van der Waals surface area contributed by atoms with Gasteiger partial charge in [-0.25, -0.2) is 0 Å². The van der Waals surface area contributed by atoms with Gasteiger partial charge in [-0.15, -0.1) is 0 Å². The number of thiocarbonyl (C=S) groups is 1. The van der Waals surface area contributed by atoms with Gasteiger partial charge in [0.25, 0.3) is 0 Å². The van der Waals surface area contributed by atoms with Crippen LogP contribution in [-0.2, 0) is 0 Å². The van der Waals surface area contributed by atoms with Crippen molar-refractivity contribution in [1.82, 2.24) is 19.9 Å². The highest BCUT2D eigenvalue weighted by Gasteiger charge is 2.42. The van der Waals surface area contributed by atoms with Crippen molar-refractivity contribution < 1.29 is 4.74 Å². The first-order valence-corrected chi connectivity index (χ1v) is 11.8. The molecule has 0 spiro atoms. The van der Waals surface area contributed by atoms with Gasteiger partial charge in [-0.3, -0.25) is 9.97 Å². The van der Waals surface area contributed by atoms with Gasteiger partial charge in [0, 0.05) is 29.5 Å². The molecule has 5 rings (SSSR count). The third-order valence-electron chi connectivity index (χ3n) is 6.22. The molecule has 0 radical (unpaired) electrons. The molecule has 0 bridgehead atoms. The average molecular weight is 470 g/mol. The molecule has 1 N–H and O–H groups in total. The normalized spacial score (nSPS) is 17.6. The maximum absolute atomic E-state index is 5.88. The standard InChI is InChI=1S/C27H27N5OS/c1-4-33-22-12-10-20(11-13-22)32-26(25(30-27(32)34)24-9-5-6-15-29-24)23-16-18(2)31(19(23)3)21-8-7-14-28-17-21/h5-17,25-26H,4H2,1-3H3,(H,30,34)/t25-,26-/m0/s1. The molecule has 0 saturated carbocycles. The van der Waals surface area contributed by atoms with Crippen molar-refractivity contribution in [2.45, 2.75) is 32.9 Å². The van der Waals surface area contributed by atoms with Gasteiger partial charge in [0.1, 0.15) is 5.75 Å². The molecule has 6 nitrogen and oxygen atoms in total. The van der Waals surface area contributed by atoms with Crippen LogP contribution in [0.15, 0.2) is 79.3 Å². The zero-order valence-corrected chi connectivity index (χ0v) is 20.3. The Kier molecular flexibility index (Phi) is 6.02. The summed E-state index contributed by atoms with van der Waals surface area (Å²) in [6.45, 7) is 6.90. The minimum atomic E-state index is -0.0943. The lowest BCUT2D eigenvalue weighted by atomic mass is 9.96. The molecular weight excluding hydrogens is 442 g/mol. The van der Waals surface area contributed by atoms with Crippen LogP contribution in [-0.4, -0.2) is 26.3 Å². The molecule has 172 valence electrons. The fraction of sp³-hybridized carbons (Fsp3) is 0.222. The summed E-state index contributed by atoms with van der Waals surface area (Å²) in [5.41, 5.74) is 6.49. The summed E-state index contributed by atoms with van der Waals surface area (Å²) in [6.07, 6.45) is 5.51. The minimum absolute atomic E-state index is 0.0723. The van der Waals surface area contributed by atoms with E-state index >= 15 is 0 Å². The molecule has 1 fully saturated rings. The Balaban J connectivity index is 1.64. The molecule has 1 aliphatic heterocycles. The van der Waals surface area contributed by atoms with E-state index in [2.05, 4.69) is 68.9 Å². The Morgan fingerprint density at radius 2 is 1.82 bits per heavy atom. The van der Waals surface area contributed by atoms with Crippen LogP contribution in [0, 0.1) is 13.8 Å². The van der Waals surface area contributed by atoms with Gasteiger partial charge in [-0.1, -0.05) is 6.07 Å². The maximum atomic E-state index is 5.88. The van der Waals surface area contributed by atoms with E-state index < -0.39 is 0 Å². The van der Waals surface area contributed by atoms with Crippen LogP contribution in [0.2, 0.25) is 0 Å². The zero-order valence-electron chi connectivity index (χ0n) is 19.5. The number of anilines is 1. The quantitative estimate of drug-likeness (QED) is 0.379. The lowest BCUT2D eigenvalue weighted by Crippen LogP contribution is -2.29. The van der Waals surface area contributed by atoms with E-state index in [1.165, 1.54) is 5.56 Å². The second-order valence-electron chi connectivity index (χ2n) is 8.30. The number of nitrogens with one attached hydrogen (secondary N) is 1.